The van der Waals surface area contributed by atoms with Gasteiger partial charge in [-0.3, -0.25) is 4.90 Å². The SMILES string of the molecule is N#CC1CC12CCN([C@@H]1CCc3ccc(Nc4nc(N)n(-c5cc6c(nn5)-c5ccccc5CCC6)n4)cc3CC1)C2. The highest BCUT2D eigenvalue weighted by Crippen LogP contribution is 2.58. The van der Waals surface area contributed by atoms with Crippen LogP contribution in [0.2, 0.25) is 0 Å². The van der Waals surface area contributed by atoms with E-state index in [1.165, 1.54) is 29.5 Å². The van der Waals surface area contributed by atoms with Crippen molar-refractivity contribution in [2.45, 2.75) is 63.8 Å². The molecule has 3 heterocycles. The van der Waals surface area contributed by atoms with Crippen LogP contribution in [-0.4, -0.2) is 49.0 Å². The maximum absolute atomic E-state index is 9.38. The lowest BCUT2D eigenvalue weighted by atomic mass is 10.0. The Balaban J connectivity index is 0.975. The molecule has 2 fully saturated rings. The molecule has 4 aromatic rings. The molecular weight excluding hydrogens is 522 g/mol. The standard InChI is InChI=1S/C33H35N9/c34-19-25-18-33(25)14-15-41(20-33)27-12-9-21-8-11-26(16-23(21)10-13-27)36-32-37-31(35)42(40-32)29-17-24-6-3-5-22-4-1-2-7-28(22)30(24)39-38-29/h1-2,4,7-8,11,16-17,25,27H,3,5-6,9-10,12-15,18,20H2,(H3,35,36,37,40)/t25?,27-,33?/m1/s1. The molecule has 2 unspecified atom stereocenters. The molecule has 3 N–H and O–H groups in total. The Bertz CT molecular complexity index is 1720. The third-order valence-corrected chi connectivity index (χ3v) is 10.1. The molecule has 8 rings (SSSR count). The number of nitrogens with two attached hydrogens (primary N) is 1. The highest BCUT2D eigenvalue weighted by atomic mass is 15.4. The summed E-state index contributed by atoms with van der Waals surface area (Å²) in [7, 11) is 0. The summed E-state index contributed by atoms with van der Waals surface area (Å²) in [5.41, 5.74) is 15.0. The van der Waals surface area contributed by atoms with Gasteiger partial charge in [0.2, 0.25) is 11.9 Å². The molecular formula is C33H35N9. The van der Waals surface area contributed by atoms with Gasteiger partial charge in [-0.05, 0) is 105 Å². The van der Waals surface area contributed by atoms with Gasteiger partial charge in [-0.1, -0.05) is 30.3 Å². The second kappa shape index (κ2) is 9.92. The number of hydrogen-bond acceptors (Lipinski definition) is 8. The minimum Gasteiger partial charge on any atom is -0.368 e. The zero-order chi connectivity index (χ0) is 28.3. The van der Waals surface area contributed by atoms with Crippen LogP contribution in [0, 0.1) is 22.7 Å². The fourth-order valence-corrected chi connectivity index (χ4v) is 7.61. The number of nitrogen functional groups attached to an aromatic ring is 1. The van der Waals surface area contributed by atoms with Crippen LogP contribution in [-0.2, 0) is 25.7 Å². The average molecular weight is 558 g/mol. The van der Waals surface area contributed by atoms with Gasteiger partial charge in [0.15, 0.2) is 5.82 Å². The van der Waals surface area contributed by atoms with Crippen LogP contribution in [0.3, 0.4) is 0 Å². The molecule has 1 aliphatic heterocycles. The van der Waals surface area contributed by atoms with E-state index in [4.69, 9.17) is 5.73 Å². The van der Waals surface area contributed by atoms with E-state index in [9.17, 15) is 5.26 Å². The minimum atomic E-state index is 0.274. The molecule has 212 valence electrons. The summed E-state index contributed by atoms with van der Waals surface area (Å²) in [5.74, 6) is 1.58. The third kappa shape index (κ3) is 4.42. The highest BCUT2D eigenvalue weighted by Gasteiger charge is 2.58. The van der Waals surface area contributed by atoms with Gasteiger partial charge in [0.1, 0.15) is 0 Å². The van der Waals surface area contributed by atoms with Crippen molar-refractivity contribution >= 4 is 17.6 Å². The molecule has 1 spiro atoms. The topological polar surface area (TPSA) is 122 Å². The fourth-order valence-electron chi connectivity index (χ4n) is 7.61. The van der Waals surface area contributed by atoms with Gasteiger partial charge >= 0.3 is 0 Å². The quantitative estimate of drug-likeness (QED) is 0.336. The average Bonchev–Trinajstić information content (AvgIpc) is 3.51. The summed E-state index contributed by atoms with van der Waals surface area (Å²) >= 11 is 0. The summed E-state index contributed by atoms with van der Waals surface area (Å²) in [6, 6.07) is 20.2. The van der Waals surface area contributed by atoms with Crippen molar-refractivity contribution in [2.75, 3.05) is 24.1 Å². The Morgan fingerprint density at radius 2 is 1.81 bits per heavy atom. The second-order valence-corrected chi connectivity index (χ2v) is 12.6. The van der Waals surface area contributed by atoms with Crippen LogP contribution in [0.1, 0.15) is 54.4 Å². The largest absolute Gasteiger partial charge is 0.368 e. The molecule has 2 aromatic heterocycles. The number of rotatable bonds is 4. The Morgan fingerprint density at radius 1 is 0.952 bits per heavy atom. The van der Waals surface area contributed by atoms with Gasteiger partial charge in [-0.25, -0.2) is 0 Å². The van der Waals surface area contributed by atoms with E-state index in [1.54, 1.807) is 4.68 Å². The first-order valence-electron chi connectivity index (χ1n) is 15.3. The first-order valence-corrected chi connectivity index (χ1v) is 15.3. The Kier molecular flexibility index (Phi) is 6.00. The fraction of sp³-hybridized carbons (Fsp3) is 0.424. The van der Waals surface area contributed by atoms with Crippen LogP contribution in [0.25, 0.3) is 17.1 Å². The molecule has 1 saturated carbocycles. The summed E-state index contributed by atoms with van der Waals surface area (Å²) < 4.78 is 1.57. The number of nitrogens with one attached hydrogen (secondary N) is 1. The van der Waals surface area contributed by atoms with E-state index in [2.05, 4.69) is 79.0 Å². The number of aromatic nitrogens is 5. The minimum absolute atomic E-state index is 0.274. The number of nitriles is 1. The molecule has 42 heavy (non-hydrogen) atoms. The molecule has 3 aliphatic carbocycles. The number of aryl methyl sites for hydroxylation is 4. The van der Waals surface area contributed by atoms with Crippen LogP contribution >= 0.6 is 0 Å². The third-order valence-electron chi connectivity index (χ3n) is 10.1. The molecule has 0 radical (unpaired) electrons. The molecule has 9 nitrogen and oxygen atoms in total. The van der Waals surface area contributed by atoms with Crippen molar-refractivity contribution in [3.05, 3.63) is 70.8 Å². The zero-order valence-electron chi connectivity index (χ0n) is 23.8. The predicted molar refractivity (Wildman–Crippen MR) is 161 cm³/mol. The first kappa shape index (κ1) is 25.4. The van der Waals surface area contributed by atoms with E-state index >= 15 is 0 Å². The lowest BCUT2D eigenvalue weighted by Crippen LogP contribution is -2.34. The van der Waals surface area contributed by atoms with Gasteiger partial charge in [0.25, 0.3) is 0 Å². The number of likely N-dealkylation sites (tertiary alicyclic amines) is 1. The predicted octanol–water partition coefficient (Wildman–Crippen LogP) is 5.02. The number of hydrogen-bond donors (Lipinski definition) is 2. The Labute approximate surface area is 245 Å². The molecule has 3 atom stereocenters. The van der Waals surface area contributed by atoms with Crippen LogP contribution < -0.4 is 11.1 Å². The lowest BCUT2D eigenvalue weighted by Gasteiger charge is -2.26. The number of nitrogens with zero attached hydrogens (tertiary/aromatic N) is 7. The number of benzene rings is 2. The smallest absolute Gasteiger partial charge is 0.248 e. The van der Waals surface area contributed by atoms with Gasteiger partial charge in [0, 0.05) is 29.3 Å². The molecule has 0 bridgehead atoms. The maximum Gasteiger partial charge on any atom is 0.248 e. The van der Waals surface area contributed by atoms with Crippen LogP contribution in [0.5, 0.6) is 0 Å². The van der Waals surface area contributed by atoms with Crippen molar-refractivity contribution in [3.63, 3.8) is 0 Å². The van der Waals surface area contributed by atoms with Crippen molar-refractivity contribution in [3.8, 4) is 23.1 Å². The van der Waals surface area contributed by atoms with Crippen molar-refractivity contribution in [1.82, 2.24) is 29.9 Å². The monoisotopic (exact) mass is 557 g/mol. The van der Waals surface area contributed by atoms with Crippen molar-refractivity contribution < 1.29 is 0 Å². The van der Waals surface area contributed by atoms with Gasteiger partial charge in [-0.2, -0.15) is 14.9 Å². The zero-order valence-corrected chi connectivity index (χ0v) is 23.8. The molecule has 9 heteroatoms. The molecule has 2 aromatic carbocycles. The summed E-state index contributed by atoms with van der Waals surface area (Å²) in [5, 5.41) is 26.5. The summed E-state index contributed by atoms with van der Waals surface area (Å²) in [4.78, 5) is 7.17. The molecule has 1 saturated heterocycles. The van der Waals surface area contributed by atoms with Crippen molar-refractivity contribution in [2.24, 2.45) is 11.3 Å². The van der Waals surface area contributed by atoms with E-state index in [0.29, 0.717) is 23.2 Å². The van der Waals surface area contributed by atoms with E-state index in [-0.39, 0.29) is 11.9 Å². The van der Waals surface area contributed by atoms with Gasteiger partial charge in [0.05, 0.1) is 17.7 Å². The van der Waals surface area contributed by atoms with E-state index in [0.717, 1.165) is 80.5 Å². The van der Waals surface area contributed by atoms with Gasteiger partial charge in [-0.15, -0.1) is 15.3 Å². The van der Waals surface area contributed by atoms with Crippen molar-refractivity contribution in [1.29, 1.82) is 5.26 Å². The number of fused-ring (bicyclic) bond motifs is 4. The van der Waals surface area contributed by atoms with Crippen LogP contribution in [0.4, 0.5) is 17.6 Å². The lowest BCUT2D eigenvalue weighted by molar-refractivity contribution is 0.210. The first-order chi connectivity index (χ1) is 20.6. The van der Waals surface area contributed by atoms with Crippen LogP contribution in [0.15, 0.2) is 48.5 Å². The summed E-state index contributed by atoms with van der Waals surface area (Å²) in [6.07, 6.45) is 9.81. The highest BCUT2D eigenvalue weighted by molar-refractivity contribution is 5.68. The normalized spacial score (nSPS) is 24.6. The summed E-state index contributed by atoms with van der Waals surface area (Å²) in [6.45, 7) is 2.25. The second-order valence-electron chi connectivity index (χ2n) is 12.6. The van der Waals surface area contributed by atoms with Gasteiger partial charge < -0.3 is 11.1 Å². The Morgan fingerprint density at radius 3 is 2.69 bits per heavy atom. The molecule has 0 amide bonds. The number of anilines is 3. The maximum atomic E-state index is 9.38. The van der Waals surface area contributed by atoms with E-state index in [1.807, 2.05) is 6.07 Å². The van der Waals surface area contributed by atoms with E-state index < -0.39 is 0 Å². The molecule has 4 aliphatic rings. The Hall–Kier alpha value is -4.29.